The van der Waals surface area contributed by atoms with Gasteiger partial charge >= 0.3 is 11.9 Å². The van der Waals surface area contributed by atoms with Crippen molar-refractivity contribution in [1.29, 1.82) is 0 Å². The smallest absolute Gasteiger partial charge is 0.341 e. The third-order valence-electron chi connectivity index (χ3n) is 6.12. The van der Waals surface area contributed by atoms with E-state index in [0.717, 1.165) is 37.0 Å². The molecule has 216 valence electrons. The van der Waals surface area contributed by atoms with Gasteiger partial charge in [0.05, 0.1) is 20.3 Å². The molecule has 0 heterocycles. The molecule has 0 atom stereocenters. The quantitative estimate of drug-likeness (QED) is 0.116. The molecule has 0 aliphatic carbocycles. The largest absolute Gasteiger partial charge is 0.507 e. The van der Waals surface area contributed by atoms with Crippen LogP contribution in [0.15, 0.2) is 54.6 Å². The maximum Gasteiger partial charge on any atom is 0.341 e. The molecule has 6 nitrogen and oxygen atoms in total. The highest BCUT2D eigenvalue weighted by molar-refractivity contribution is 5.92. The van der Waals surface area contributed by atoms with Gasteiger partial charge in [0.15, 0.2) is 0 Å². The number of unbranched alkanes of at least 4 members (excludes halogenated alkanes) is 10. The lowest BCUT2D eigenvalue weighted by Crippen LogP contribution is -2.06. The van der Waals surface area contributed by atoms with Gasteiger partial charge in [-0.15, -0.1) is 0 Å². The summed E-state index contributed by atoms with van der Waals surface area (Å²) in [5.41, 5.74) is 1.19. The van der Waals surface area contributed by atoms with Crippen LogP contribution in [0.5, 0.6) is 11.5 Å². The van der Waals surface area contributed by atoms with Crippen molar-refractivity contribution in [2.24, 2.45) is 0 Å². The number of carbonyl (C=O) groups excluding carboxylic acids is 2. The molecular formula is C33H48O6. The SMILES string of the molecule is CCCCCCCCOC(=O)C=Cc1ccc(OC)cc1.CCCCCCCCOC(=O)c1ccccc1O. The van der Waals surface area contributed by atoms with Crippen molar-refractivity contribution in [2.75, 3.05) is 20.3 Å². The Morgan fingerprint density at radius 3 is 1.82 bits per heavy atom. The van der Waals surface area contributed by atoms with Gasteiger partial charge < -0.3 is 19.3 Å². The van der Waals surface area contributed by atoms with Gasteiger partial charge in [0.1, 0.15) is 17.1 Å². The van der Waals surface area contributed by atoms with Gasteiger partial charge in [-0.25, -0.2) is 9.59 Å². The fourth-order valence-corrected chi connectivity index (χ4v) is 3.75. The monoisotopic (exact) mass is 540 g/mol. The Morgan fingerprint density at radius 2 is 1.26 bits per heavy atom. The van der Waals surface area contributed by atoms with E-state index in [-0.39, 0.29) is 17.3 Å². The number of rotatable bonds is 18. The summed E-state index contributed by atoms with van der Waals surface area (Å²) < 4.78 is 15.4. The van der Waals surface area contributed by atoms with Crippen molar-refractivity contribution < 1.29 is 28.9 Å². The summed E-state index contributed by atoms with van der Waals surface area (Å²) in [4.78, 5) is 23.2. The highest BCUT2D eigenvalue weighted by atomic mass is 16.5. The molecular weight excluding hydrogens is 492 g/mol. The molecule has 0 unspecified atom stereocenters. The van der Waals surface area contributed by atoms with E-state index in [4.69, 9.17) is 14.2 Å². The minimum absolute atomic E-state index is 0.0227. The molecule has 0 aliphatic heterocycles. The van der Waals surface area contributed by atoms with Crippen LogP contribution in [0.2, 0.25) is 0 Å². The molecule has 0 amide bonds. The van der Waals surface area contributed by atoms with Crippen molar-refractivity contribution in [1.82, 2.24) is 0 Å². The minimum atomic E-state index is -0.443. The summed E-state index contributed by atoms with van der Waals surface area (Å²) in [6.07, 6.45) is 17.3. The van der Waals surface area contributed by atoms with Crippen molar-refractivity contribution in [3.63, 3.8) is 0 Å². The van der Waals surface area contributed by atoms with E-state index in [1.807, 2.05) is 24.3 Å². The highest BCUT2D eigenvalue weighted by Crippen LogP contribution is 2.17. The molecule has 2 aromatic rings. The average molecular weight is 541 g/mol. The first-order valence-corrected chi connectivity index (χ1v) is 14.5. The number of esters is 2. The first kappa shape index (κ1) is 33.7. The van der Waals surface area contributed by atoms with Crippen LogP contribution in [0.25, 0.3) is 6.08 Å². The third kappa shape index (κ3) is 17.0. The second-order valence-corrected chi connectivity index (χ2v) is 9.46. The zero-order chi connectivity index (χ0) is 28.6. The normalized spacial score (nSPS) is 10.5. The number of hydrogen-bond acceptors (Lipinski definition) is 6. The molecule has 6 heteroatoms. The second kappa shape index (κ2) is 22.7. The number of para-hydroxylation sites is 1. The third-order valence-corrected chi connectivity index (χ3v) is 6.12. The number of phenols is 1. The second-order valence-electron chi connectivity index (χ2n) is 9.46. The minimum Gasteiger partial charge on any atom is -0.507 e. The molecule has 0 aliphatic rings. The Morgan fingerprint density at radius 1 is 0.718 bits per heavy atom. The molecule has 1 N–H and O–H groups in total. The fourth-order valence-electron chi connectivity index (χ4n) is 3.75. The van der Waals surface area contributed by atoms with Crippen molar-refractivity contribution in [3.05, 3.63) is 65.7 Å². The summed E-state index contributed by atoms with van der Waals surface area (Å²) in [5, 5.41) is 9.48. The standard InChI is InChI=1S/C18H26O3.C15H22O3/c1-3-4-5-6-7-8-15-21-18(19)14-11-16-9-12-17(20-2)13-10-16;1-2-3-4-5-6-9-12-18-15(17)13-10-7-8-11-14(13)16/h9-14H,3-8,15H2,1-2H3;7-8,10-11,16H,2-6,9,12H2,1H3. The summed E-state index contributed by atoms with van der Waals surface area (Å²) in [6, 6.07) is 14.0. The highest BCUT2D eigenvalue weighted by Gasteiger charge is 2.10. The summed E-state index contributed by atoms with van der Waals surface area (Å²) in [5.74, 6) is 0.0595. The molecule has 0 radical (unpaired) electrons. The van der Waals surface area contributed by atoms with Crippen molar-refractivity contribution >= 4 is 18.0 Å². The first-order chi connectivity index (χ1) is 19.0. The maximum absolute atomic E-state index is 11.6. The number of ether oxygens (including phenoxy) is 3. The van der Waals surface area contributed by atoms with Gasteiger partial charge in [-0.2, -0.15) is 0 Å². The molecule has 2 aromatic carbocycles. The fraction of sp³-hybridized carbons (Fsp3) is 0.515. The van der Waals surface area contributed by atoms with E-state index in [1.54, 1.807) is 31.4 Å². The summed E-state index contributed by atoms with van der Waals surface area (Å²) >= 11 is 0. The number of carbonyl (C=O) groups is 2. The zero-order valence-electron chi connectivity index (χ0n) is 24.2. The predicted molar refractivity (Wildman–Crippen MR) is 158 cm³/mol. The molecule has 39 heavy (non-hydrogen) atoms. The van der Waals surface area contributed by atoms with Gasteiger partial charge in [-0.1, -0.05) is 102 Å². The van der Waals surface area contributed by atoms with Gasteiger partial charge in [0, 0.05) is 6.08 Å². The van der Waals surface area contributed by atoms with Crippen LogP contribution >= 0.6 is 0 Å². The molecule has 0 fully saturated rings. The van der Waals surface area contributed by atoms with E-state index in [1.165, 1.54) is 63.5 Å². The van der Waals surface area contributed by atoms with Crippen LogP contribution in [0, 0.1) is 0 Å². The van der Waals surface area contributed by atoms with Crippen LogP contribution in [0.3, 0.4) is 0 Å². The van der Waals surface area contributed by atoms with Crippen molar-refractivity contribution in [3.8, 4) is 11.5 Å². The number of aromatic hydroxyl groups is 1. The molecule has 0 saturated carbocycles. The Hall–Kier alpha value is -3.28. The van der Waals surface area contributed by atoms with E-state index < -0.39 is 5.97 Å². The average Bonchev–Trinajstić information content (AvgIpc) is 2.96. The Kier molecular flexibility index (Phi) is 19.6. The van der Waals surface area contributed by atoms with Crippen LogP contribution in [-0.2, 0) is 14.3 Å². The molecule has 0 saturated heterocycles. The topological polar surface area (TPSA) is 82.1 Å². The molecule has 0 aromatic heterocycles. The van der Waals surface area contributed by atoms with Crippen LogP contribution < -0.4 is 4.74 Å². The number of methoxy groups -OCH3 is 1. The van der Waals surface area contributed by atoms with Gasteiger partial charge in [-0.05, 0) is 48.7 Å². The first-order valence-electron chi connectivity index (χ1n) is 14.5. The Balaban J connectivity index is 0.000000395. The Labute approximate surface area is 235 Å². The van der Waals surface area contributed by atoms with Gasteiger partial charge in [-0.3, -0.25) is 0 Å². The number of phenolic OH excluding ortho intramolecular Hbond substituents is 1. The lowest BCUT2D eigenvalue weighted by molar-refractivity contribution is -0.137. The molecule has 2 rings (SSSR count). The Bertz CT molecular complexity index is 935. The van der Waals surface area contributed by atoms with Gasteiger partial charge in [0.2, 0.25) is 0 Å². The van der Waals surface area contributed by atoms with Crippen LogP contribution in [-0.4, -0.2) is 37.4 Å². The lowest BCUT2D eigenvalue weighted by Gasteiger charge is -2.06. The van der Waals surface area contributed by atoms with E-state index in [0.29, 0.717) is 13.2 Å². The van der Waals surface area contributed by atoms with E-state index in [9.17, 15) is 14.7 Å². The van der Waals surface area contributed by atoms with E-state index >= 15 is 0 Å². The predicted octanol–water partition coefficient (Wildman–Crippen LogP) is 8.52. The number of benzene rings is 2. The lowest BCUT2D eigenvalue weighted by atomic mass is 10.1. The van der Waals surface area contributed by atoms with Crippen molar-refractivity contribution in [2.45, 2.75) is 90.9 Å². The summed E-state index contributed by atoms with van der Waals surface area (Å²) in [6.45, 7) is 5.34. The molecule has 0 spiro atoms. The van der Waals surface area contributed by atoms with Gasteiger partial charge in [0.25, 0.3) is 0 Å². The van der Waals surface area contributed by atoms with Crippen LogP contribution in [0.4, 0.5) is 0 Å². The number of hydrogen-bond donors (Lipinski definition) is 1. The molecule has 0 bridgehead atoms. The maximum atomic E-state index is 11.6. The van der Waals surface area contributed by atoms with Crippen LogP contribution in [0.1, 0.15) is 107 Å². The summed E-state index contributed by atoms with van der Waals surface area (Å²) in [7, 11) is 1.63. The van der Waals surface area contributed by atoms with E-state index in [2.05, 4.69) is 13.8 Å². The zero-order valence-corrected chi connectivity index (χ0v) is 24.2.